The van der Waals surface area contributed by atoms with Crippen molar-refractivity contribution in [3.8, 4) is 0 Å². The van der Waals surface area contributed by atoms with Crippen LogP contribution in [0.3, 0.4) is 0 Å². The number of aryl methyl sites for hydroxylation is 1. The number of aromatic amines is 1. The van der Waals surface area contributed by atoms with Gasteiger partial charge in [0.05, 0.1) is 16.6 Å². The zero-order valence-corrected chi connectivity index (χ0v) is 24.4. The maximum atomic E-state index is 13.7. The summed E-state index contributed by atoms with van der Waals surface area (Å²) in [6.45, 7) is 7.97. The van der Waals surface area contributed by atoms with E-state index in [1.54, 1.807) is 24.8 Å². The van der Waals surface area contributed by atoms with Gasteiger partial charge in [-0.3, -0.25) is 14.3 Å². The highest BCUT2D eigenvalue weighted by molar-refractivity contribution is 14.1. The molecule has 192 valence electrons. The lowest BCUT2D eigenvalue weighted by atomic mass is 10.2. The molecular formula is C27H33IN2O5Si. The third-order valence-electron chi connectivity index (χ3n) is 7.35. The first kappa shape index (κ1) is 27.0. The lowest BCUT2D eigenvalue weighted by Crippen LogP contribution is -2.82. The van der Waals surface area contributed by atoms with E-state index in [-0.39, 0.29) is 10.5 Å². The average Bonchev–Trinajstić information content (AvgIpc) is 3.14. The molecule has 3 aromatic rings. The van der Waals surface area contributed by atoms with E-state index in [1.807, 2.05) is 36.4 Å². The molecule has 0 bridgehead atoms. The third kappa shape index (κ3) is 3.87. The minimum absolute atomic E-state index is 0.232. The van der Waals surface area contributed by atoms with Crippen LogP contribution in [-0.2, 0) is 14.8 Å². The highest BCUT2D eigenvalue weighted by Gasteiger charge is 2.73. The van der Waals surface area contributed by atoms with Crippen LogP contribution in [0.2, 0.25) is 5.04 Å². The molecule has 0 unspecified atom stereocenters. The van der Waals surface area contributed by atoms with Crippen molar-refractivity contribution in [1.29, 1.82) is 0 Å². The highest BCUT2D eigenvalue weighted by Crippen LogP contribution is 2.53. The van der Waals surface area contributed by atoms with Gasteiger partial charge in [-0.25, -0.2) is 4.79 Å². The Morgan fingerprint density at radius 2 is 1.61 bits per heavy atom. The standard InChI is InChI=1S/C27H33IN2O5Si/c1-18-16-30(25(33)29-24(18)32)27(23(34-5)22(28)21(17-31)35-27)36(26(2,3)4,19-12-8-6-9-13-19)20-14-10-7-11-15-20/h6-16,21-23,31H,17H2,1-5H3,(H,29,32,33)/t21-,22-,23-,27+/m1/s1. The number of H-pyrrole nitrogens is 1. The predicted octanol–water partition coefficient (Wildman–Crippen LogP) is 2.31. The van der Waals surface area contributed by atoms with Crippen molar-refractivity contribution in [2.24, 2.45) is 0 Å². The van der Waals surface area contributed by atoms with Crippen molar-refractivity contribution >= 4 is 41.0 Å². The van der Waals surface area contributed by atoms with Gasteiger partial charge in [0.15, 0.2) is 13.4 Å². The molecule has 0 spiro atoms. The Bertz CT molecular complexity index is 1280. The zero-order valence-electron chi connectivity index (χ0n) is 21.2. The molecule has 2 aromatic carbocycles. The Morgan fingerprint density at radius 1 is 1.08 bits per heavy atom. The fourth-order valence-corrected chi connectivity index (χ4v) is 14.5. The number of hydrogen-bond donors (Lipinski definition) is 2. The third-order valence-corrected chi connectivity index (χ3v) is 15.2. The lowest BCUT2D eigenvalue weighted by Gasteiger charge is -2.56. The molecule has 4 rings (SSSR count). The number of methoxy groups -OCH3 is 1. The van der Waals surface area contributed by atoms with Gasteiger partial charge in [0.25, 0.3) is 5.56 Å². The zero-order chi connectivity index (χ0) is 26.3. The smallest absolute Gasteiger partial charge is 0.330 e. The van der Waals surface area contributed by atoms with E-state index in [2.05, 4.69) is 72.6 Å². The van der Waals surface area contributed by atoms with E-state index in [9.17, 15) is 14.7 Å². The van der Waals surface area contributed by atoms with Gasteiger partial charge in [-0.2, -0.15) is 0 Å². The van der Waals surface area contributed by atoms with Crippen LogP contribution in [0.1, 0.15) is 26.3 Å². The Morgan fingerprint density at radius 3 is 2.06 bits per heavy atom. The summed E-state index contributed by atoms with van der Waals surface area (Å²) >= 11 is 2.27. The van der Waals surface area contributed by atoms with Crippen LogP contribution in [0.15, 0.2) is 76.4 Å². The molecule has 9 heteroatoms. The molecule has 4 atom stereocenters. The van der Waals surface area contributed by atoms with Crippen molar-refractivity contribution in [2.45, 2.75) is 54.2 Å². The number of rotatable bonds is 6. The van der Waals surface area contributed by atoms with Gasteiger partial charge >= 0.3 is 5.69 Å². The van der Waals surface area contributed by atoms with Crippen molar-refractivity contribution in [2.75, 3.05) is 13.7 Å². The number of aliphatic hydroxyl groups is 1. The van der Waals surface area contributed by atoms with Crippen LogP contribution in [0.25, 0.3) is 0 Å². The fraction of sp³-hybridized carbons (Fsp3) is 0.407. The molecule has 7 nitrogen and oxygen atoms in total. The van der Waals surface area contributed by atoms with Crippen LogP contribution in [-0.4, -0.2) is 52.6 Å². The maximum absolute atomic E-state index is 13.7. The van der Waals surface area contributed by atoms with Gasteiger partial charge < -0.3 is 14.6 Å². The molecule has 1 fully saturated rings. The van der Waals surface area contributed by atoms with Gasteiger partial charge in [0, 0.05) is 18.9 Å². The van der Waals surface area contributed by atoms with E-state index in [0.29, 0.717) is 5.56 Å². The molecule has 0 amide bonds. The number of alkyl halides is 1. The number of halogens is 1. The van der Waals surface area contributed by atoms with Gasteiger partial charge in [0.2, 0.25) is 0 Å². The molecule has 2 N–H and O–H groups in total. The second-order valence-corrected chi connectivity index (χ2v) is 16.6. The summed E-state index contributed by atoms with van der Waals surface area (Å²) in [5.74, 6) is 0. The second kappa shape index (κ2) is 10.0. The van der Waals surface area contributed by atoms with Crippen LogP contribution >= 0.6 is 22.6 Å². The molecule has 1 aliphatic heterocycles. The van der Waals surface area contributed by atoms with Crippen LogP contribution in [0.4, 0.5) is 0 Å². The molecule has 0 saturated carbocycles. The van der Waals surface area contributed by atoms with E-state index >= 15 is 0 Å². The van der Waals surface area contributed by atoms with Crippen molar-refractivity contribution < 1.29 is 14.6 Å². The normalized spacial score (nSPS) is 24.7. The fourth-order valence-electron chi connectivity index (χ4n) is 6.05. The Hall–Kier alpha value is -2.05. The summed E-state index contributed by atoms with van der Waals surface area (Å²) in [7, 11) is -1.66. The minimum atomic E-state index is -3.29. The van der Waals surface area contributed by atoms with Crippen molar-refractivity contribution in [3.05, 3.63) is 93.3 Å². The first-order valence-corrected chi connectivity index (χ1v) is 15.2. The molecular weight excluding hydrogens is 587 g/mol. The van der Waals surface area contributed by atoms with Crippen molar-refractivity contribution in [3.63, 3.8) is 0 Å². The number of aliphatic hydroxyl groups excluding tert-OH is 1. The quantitative estimate of drug-likeness (QED) is 0.251. The first-order valence-electron chi connectivity index (χ1n) is 12.0. The topological polar surface area (TPSA) is 93.5 Å². The number of ether oxygens (including phenoxy) is 2. The number of aromatic nitrogens is 2. The minimum Gasteiger partial charge on any atom is -0.394 e. The van der Waals surface area contributed by atoms with Gasteiger partial charge in [-0.15, -0.1) is 0 Å². The maximum Gasteiger partial charge on any atom is 0.330 e. The van der Waals surface area contributed by atoms with E-state index < -0.39 is 41.9 Å². The molecule has 36 heavy (non-hydrogen) atoms. The Balaban J connectivity index is 2.31. The van der Waals surface area contributed by atoms with Crippen LogP contribution in [0, 0.1) is 6.92 Å². The largest absolute Gasteiger partial charge is 0.394 e. The summed E-state index contributed by atoms with van der Waals surface area (Å²) in [6, 6.07) is 20.3. The lowest BCUT2D eigenvalue weighted by molar-refractivity contribution is -0.106. The summed E-state index contributed by atoms with van der Waals surface area (Å²) in [5, 5.41) is 10.8. The number of benzene rings is 2. The SMILES string of the molecule is CO[C@@H]1[C@H](I)[C@@H](CO)O[C@]1(n1cc(C)c(=O)[nH]c1=O)[Si](c1ccccc1)(c1ccccc1)C(C)(C)C. The first-order chi connectivity index (χ1) is 17.1. The monoisotopic (exact) mass is 620 g/mol. The highest BCUT2D eigenvalue weighted by atomic mass is 127. The molecule has 1 aliphatic rings. The molecule has 0 aliphatic carbocycles. The van der Waals surface area contributed by atoms with Crippen LogP contribution < -0.4 is 21.6 Å². The van der Waals surface area contributed by atoms with Gasteiger partial charge in [-0.05, 0) is 22.3 Å². The second-order valence-electron chi connectivity index (χ2n) is 10.3. The number of nitrogens with zero attached hydrogens (tertiary/aromatic N) is 1. The van der Waals surface area contributed by atoms with Gasteiger partial charge in [-0.1, -0.05) is 104 Å². The summed E-state index contributed by atoms with van der Waals surface area (Å²) in [6.07, 6.45) is 0.399. The van der Waals surface area contributed by atoms with E-state index in [0.717, 1.165) is 10.4 Å². The van der Waals surface area contributed by atoms with Crippen molar-refractivity contribution in [1.82, 2.24) is 9.55 Å². The number of nitrogens with one attached hydrogen (secondary N) is 1. The number of hydrogen-bond acceptors (Lipinski definition) is 5. The van der Waals surface area contributed by atoms with Gasteiger partial charge in [0.1, 0.15) is 6.10 Å². The van der Waals surface area contributed by atoms with E-state index in [1.165, 1.54) is 0 Å². The molecule has 0 radical (unpaired) electrons. The average molecular weight is 621 g/mol. The summed E-state index contributed by atoms with van der Waals surface area (Å²) in [5.41, 5.74) is -0.615. The summed E-state index contributed by atoms with van der Waals surface area (Å²) in [4.78, 5) is 28.7. The molecule has 2 heterocycles. The Kier molecular flexibility index (Phi) is 7.51. The summed E-state index contributed by atoms with van der Waals surface area (Å²) < 4.78 is 14.5. The van der Waals surface area contributed by atoms with Crippen LogP contribution in [0.5, 0.6) is 0 Å². The Labute approximate surface area is 225 Å². The molecule has 1 saturated heterocycles. The van der Waals surface area contributed by atoms with E-state index in [4.69, 9.17) is 9.47 Å². The molecule has 1 aromatic heterocycles. The predicted molar refractivity (Wildman–Crippen MR) is 152 cm³/mol.